The van der Waals surface area contributed by atoms with Gasteiger partial charge in [-0.1, -0.05) is 48.4 Å². The molecule has 13 heteroatoms. The lowest BCUT2D eigenvalue weighted by molar-refractivity contribution is -0.108. The quantitative estimate of drug-likeness (QED) is 0.0707. The summed E-state index contributed by atoms with van der Waals surface area (Å²) >= 11 is 26.8. The predicted molar refractivity (Wildman–Crippen MR) is 208 cm³/mol. The first kappa shape index (κ1) is 38.8. The first-order valence-corrected chi connectivity index (χ1v) is 22.0. The van der Waals surface area contributed by atoms with Gasteiger partial charge in [0.1, 0.15) is 0 Å². The molecule has 0 bridgehead atoms. The highest BCUT2D eigenvalue weighted by molar-refractivity contribution is 9.11. The summed E-state index contributed by atoms with van der Waals surface area (Å²) in [5.74, 6) is 3.39. The summed E-state index contributed by atoms with van der Waals surface area (Å²) in [5.41, 5.74) is 1.21. The molecule has 0 heterocycles. The molecular weight excluding hydrogens is 912 g/mol. The zero-order valence-corrected chi connectivity index (χ0v) is 35.0. The van der Waals surface area contributed by atoms with E-state index in [0.29, 0.717) is 20.3 Å². The Morgan fingerprint density at radius 1 is 0.659 bits per heavy atom. The molecule has 2 aromatic rings. The van der Waals surface area contributed by atoms with Crippen molar-refractivity contribution in [2.45, 2.75) is 56.4 Å². The van der Waals surface area contributed by atoms with Crippen molar-refractivity contribution in [2.24, 2.45) is 0 Å². The molecule has 0 saturated carbocycles. The molecule has 41 heavy (non-hydrogen) atoms. The van der Waals surface area contributed by atoms with E-state index in [1.807, 2.05) is 23.5 Å². The molecule has 0 saturated heterocycles. The van der Waals surface area contributed by atoms with Gasteiger partial charge in [-0.3, -0.25) is 9.59 Å². The van der Waals surface area contributed by atoms with E-state index in [-0.39, 0.29) is 10.2 Å². The third-order valence-electron chi connectivity index (χ3n) is 4.78. The van der Waals surface area contributed by atoms with Gasteiger partial charge in [0, 0.05) is 60.5 Å². The minimum Gasteiger partial charge on any atom is -0.282 e. The average Bonchev–Trinajstić information content (AvgIpc) is 2.88. The Morgan fingerprint density at radius 3 is 1.27 bits per heavy atom. The Labute approximate surface area is 308 Å². The maximum Gasteiger partial charge on any atom is 0.214 e. The highest BCUT2D eigenvalue weighted by atomic mass is 79.9. The summed E-state index contributed by atoms with van der Waals surface area (Å²) in [6.07, 6.45) is 0. The number of benzene rings is 2. The van der Waals surface area contributed by atoms with Gasteiger partial charge in [0.2, 0.25) is 10.2 Å². The fraction of sp³-hybridized carbons (Fsp3) is 0.357. The largest absolute Gasteiger partial charge is 0.282 e. The van der Waals surface area contributed by atoms with Crippen LogP contribution in [-0.2, 0) is 9.59 Å². The van der Waals surface area contributed by atoms with Gasteiger partial charge in [-0.05, 0) is 127 Å². The van der Waals surface area contributed by atoms with Gasteiger partial charge in [0.05, 0.1) is 9.16 Å². The van der Waals surface area contributed by atoms with Crippen molar-refractivity contribution >= 4 is 156 Å². The summed E-state index contributed by atoms with van der Waals surface area (Å²) in [5, 5.41) is 0.148. The lowest BCUT2D eigenvalue weighted by Crippen LogP contribution is -1.98. The van der Waals surface area contributed by atoms with Crippen LogP contribution in [0.3, 0.4) is 0 Å². The van der Waals surface area contributed by atoms with Gasteiger partial charge >= 0.3 is 0 Å². The molecule has 2 rings (SSSR count). The van der Waals surface area contributed by atoms with Crippen LogP contribution in [-0.4, -0.2) is 42.4 Å². The van der Waals surface area contributed by atoms with E-state index in [9.17, 15) is 9.59 Å². The van der Waals surface area contributed by atoms with Crippen molar-refractivity contribution in [3.63, 3.8) is 0 Å². The van der Waals surface area contributed by atoms with Crippen molar-refractivity contribution in [1.82, 2.24) is 0 Å². The maximum absolute atomic E-state index is 11.7. The number of thioether (sulfide) groups is 6. The molecule has 0 aliphatic rings. The van der Waals surface area contributed by atoms with Crippen molar-refractivity contribution < 1.29 is 9.59 Å². The van der Waals surface area contributed by atoms with Gasteiger partial charge in [-0.25, -0.2) is 0 Å². The second kappa shape index (κ2) is 20.0. The highest BCUT2D eigenvalue weighted by Gasteiger charge is 2.17. The predicted octanol–water partition coefficient (Wildman–Crippen LogP) is 12.9. The Morgan fingerprint density at radius 2 is 0.976 bits per heavy atom. The number of halogens is 4. The van der Waals surface area contributed by atoms with Gasteiger partial charge in [-0.2, -0.15) is 0 Å². The number of hydrogen-bond acceptors (Lipinski definition) is 9. The molecule has 224 valence electrons. The van der Waals surface area contributed by atoms with Crippen LogP contribution in [0.2, 0.25) is 0 Å². The van der Waals surface area contributed by atoms with Crippen LogP contribution in [0.5, 0.6) is 0 Å². The van der Waals surface area contributed by atoms with E-state index < -0.39 is 0 Å². The van der Waals surface area contributed by atoms with Crippen LogP contribution in [0.4, 0.5) is 0 Å². The summed E-state index contributed by atoms with van der Waals surface area (Å²) in [4.78, 5) is 28.0. The first-order chi connectivity index (χ1) is 19.3. The van der Waals surface area contributed by atoms with Crippen LogP contribution < -0.4 is 0 Å². The van der Waals surface area contributed by atoms with E-state index in [4.69, 9.17) is 0 Å². The SMILES string of the molecule is C=C(C)C(=O)SCCSC(C)Sc1c(Br)cc(Sc2cc(Br)c(SC(C)SCCSC(=O)C(=C)C)c(Br)c2)cc1Br. The van der Waals surface area contributed by atoms with Crippen LogP contribution in [0.15, 0.2) is 86.0 Å². The molecular formula is C28H30Br4O2S7. The Kier molecular flexibility index (Phi) is 18.9. The van der Waals surface area contributed by atoms with Gasteiger partial charge in [0.25, 0.3) is 0 Å². The Hall–Kier alpha value is 1.63. The summed E-state index contributed by atoms with van der Waals surface area (Å²) in [7, 11) is 0. The maximum atomic E-state index is 11.7. The first-order valence-electron chi connectivity index (χ1n) is 12.2. The van der Waals surface area contributed by atoms with Crippen molar-refractivity contribution in [1.29, 1.82) is 0 Å². The van der Waals surface area contributed by atoms with Crippen LogP contribution >= 0.6 is 146 Å². The van der Waals surface area contributed by atoms with Gasteiger partial charge < -0.3 is 0 Å². The normalized spacial score (nSPS) is 12.7. The fourth-order valence-electron chi connectivity index (χ4n) is 2.90. The van der Waals surface area contributed by atoms with Crippen LogP contribution in [0, 0.1) is 0 Å². The molecule has 0 aromatic heterocycles. The molecule has 0 fully saturated rings. The summed E-state index contributed by atoms with van der Waals surface area (Å²) in [6, 6.07) is 8.65. The monoisotopic (exact) mass is 938 g/mol. The molecule has 0 N–H and O–H groups in total. The molecule has 0 radical (unpaired) electrons. The molecule has 0 aliphatic heterocycles. The lowest BCUT2D eigenvalue weighted by Gasteiger charge is -2.16. The summed E-state index contributed by atoms with van der Waals surface area (Å²) < 4.78 is 4.90. The minimum atomic E-state index is 0.0740. The lowest BCUT2D eigenvalue weighted by atomic mass is 10.4. The number of rotatable bonds is 16. The van der Waals surface area contributed by atoms with E-state index in [1.54, 1.807) is 49.1 Å². The van der Waals surface area contributed by atoms with Crippen molar-refractivity contribution in [3.05, 3.63) is 66.5 Å². The number of hydrogen-bond donors (Lipinski definition) is 0. The average molecular weight is 943 g/mol. The second-order valence-electron chi connectivity index (χ2n) is 8.48. The molecule has 2 unspecified atom stereocenters. The van der Waals surface area contributed by atoms with Gasteiger partial charge in [0.15, 0.2) is 0 Å². The molecule has 0 aliphatic carbocycles. The highest BCUT2D eigenvalue weighted by Crippen LogP contribution is 2.46. The van der Waals surface area contributed by atoms with Gasteiger partial charge in [-0.15, -0.1) is 47.0 Å². The standard InChI is InChI=1S/C28H30Br4O2S7/c1-15(2)27(33)37-9-7-35-17(5)39-25-21(29)11-19(12-22(25)30)41-20-13-23(31)26(24(32)14-20)40-18(6)36-8-10-38-28(34)16(3)4/h11-14,17-18H,1,3,7-10H2,2,4-6H3. The molecule has 0 amide bonds. The molecule has 2 atom stereocenters. The third kappa shape index (κ3) is 14.3. The van der Waals surface area contributed by atoms with E-state index in [0.717, 1.165) is 50.7 Å². The zero-order chi connectivity index (χ0) is 30.7. The van der Waals surface area contributed by atoms with Crippen molar-refractivity contribution in [2.75, 3.05) is 23.0 Å². The van der Waals surface area contributed by atoms with Crippen molar-refractivity contribution in [3.8, 4) is 0 Å². The third-order valence-corrected chi connectivity index (χ3v) is 17.1. The molecule has 2 nitrogen and oxygen atoms in total. The van der Waals surface area contributed by atoms with Crippen LogP contribution in [0.1, 0.15) is 27.7 Å². The Bertz CT molecular complexity index is 1130. The topological polar surface area (TPSA) is 34.1 Å². The molecule has 0 spiro atoms. The zero-order valence-electron chi connectivity index (χ0n) is 22.9. The Balaban J connectivity index is 1.95. The van der Waals surface area contributed by atoms with Crippen LogP contribution in [0.25, 0.3) is 0 Å². The smallest absolute Gasteiger partial charge is 0.214 e. The van der Waals surface area contributed by atoms with E-state index >= 15 is 0 Å². The second-order valence-corrected chi connectivity index (χ2v) is 21.4. The summed E-state index contributed by atoms with van der Waals surface area (Å²) in [6.45, 7) is 15.3. The number of carbonyl (C=O) groups excluding carboxylic acids is 2. The number of carbonyl (C=O) groups is 2. The fourth-order valence-corrected chi connectivity index (χ4v) is 14.0. The van der Waals surface area contributed by atoms with E-state index in [2.05, 4.69) is 115 Å². The minimum absolute atomic E-state index is 0.0740. The van der Waals surface area contributed by atoms with E-state index in [1.165, 1.54) is 33.3 Å². The molecule has 2 aromatic carbocycles.